The van der Waals surface area contributed by atoms with E-state index in [0.29, 0.717) is 12.8 Å². The normalized spacial score (nSPS) is 19.6. The lowest BCUT2D eigenvalue weighted by molar-refractivity contribution is -0.159. The summed E-state index contributed by atoms with van der Waals surface area (Å²) in [5.41, 5.74) is 0.968. The summed E-state index contributed by atoms with van der Waals surface area (Å²) in [4.78, 5) is 25.7. The molecule has 1 aromatic carbocycles. The summed E-state index contributed by atoms with van der Waals surface area (Å²) >= 11 is 0. The molecule has 1 amide bonds. The maximum Gasteiger partial charge on any atom is 0.306 e. The first-order valence-electron chi connectivity index (χ1n) is 8.51. The second kappa shape index (κ2) is 8.53. The van der Waals surface area contributed by atoms with Gasteiger partial charge in [0, 0.05) is 19.5 Å². The van der Waals surface area contributed by atoms with Crippen LogP contribution in [0.3, 0.4) is 0 Å². The SMILES string of the molecule is COc1ccc(CCC(=O)O[C@H](C)C(=O)N(C)[C@@H]2CCS(=O)(=O)C2)cc1. The maximum atomic E-state index is 12.4. The largest absolute Gasteiger partial charge is 0.497 e. The van der Waals surface area contributed by atoms with Crippen LogP contribution in [0.25, 0.3) is 0 Å². The molecular formula is C18H25NO6S. The minimum Gasteiger partial charge on any atom is -0.497 e. The summed E-state index contributed by atoms with van der Waals surface area (Å²) in [6.07, 6.45) is 0.140. The van der Waals surface area contributed by atoms with Crippen LogP contribution in [0.1, 0.15) is 25.3 Å². The number of amides is 1. The van der Waals surface area contributed by atoms with E-state index in [9.17, 15) is 18.0 Å². The van der Waals surface area contributed by atoms with Crippen molar-refractivity contribution in [2.24, 2.45) is 0 Å². The number of carbonyl (C=O) groups excluding carboxylic acids is 2. The number of esters is 1. The lowest BCUT2D eigenvalue weighted by Crippen LogP contribution is -2.44. The van der Waals surface area contributed by atoms with E-state index in [1.807, 2.05) is 24.3 Å². The molecule has 1 saturated heterocycles. The molecule has 0 saturated carbocycles. The van der Waals surface area contributed by atoms with Gasteiger partial charge in [-0.05, 0) is 37.5 Å². The standard InChI is InChI=1S/C18H25NO6S/c1-13(18(21)19(2)15-10-11-26(22,23)12-15)25-17(20)9-6-14-4-7-16(24-3)8-5-14/h4-5,7-8,13,15H,6,9-12H2,1-3H3/t13-,15-/m1/s1. The predicted molar refractivity (Wildman–Crippen MR) is 96.7 cm³/mol. The second-order valence-corrected chi connectivity index (χ2v) is 8.71. The van der Waals surface area contributed by atoms with Crippen molar-refractivity contribution >= 4 is 21.7 Å². The summed E-state index contributed by atoms with van der Waals surface area (Å²) in [6.45, 7) is 1.51. The molecule has 0 unspecified atom stereocenters. The quantitative estimate of drug-likeness (QED) is 0.658. The van der Waals surface area contributed by atoms with E-state index in [0.717, 1.165) is 11.3 Å². The minimum absolute atomic E-state index is 0.0343. The van der Waals surface area contributed by atoms with Crippen molar-refractivity contribution < 1.29 is 27.5 Å². The smallest absolute Gasteiger partial charge is 0.306 e. The average Bonchev–Trinajstić information content (AvgIpc) is 2.98. The monoisotopic (exact) mass is 383 g/mol. The van der Waals surface area contributed by atoms with Crippen LogP contribution in [0.15, 0.2) is 24.3 Å². The molecule has 2 rings (SSSR count). The van der Waals surface area contributed by atoms with Crippen molar-refractivity contribution in [2.45, 2.75) is 38.3 Å². The van der Waals surface area contributed by atoms with Crippen molar-refractivity contribution in [3.05, 3.63) is 29.8 Å². The molecule has 144 valence electrons. The molecule has 8 heteroatoms. The third-order valence-electron chi connectivity index (χ3n) is 4.54. The van der Waals surface area contributed by atoms with Crippen LogP contribution in [0, 0.1) is 0 Å². The number of hydrogen-bond donors (Lipinski definition) is 0. The van der Waals surface area contributed by atoms with Crippen molar-refractivity contribution in [3.8, 4) is 5.75 Å². The summed E-state index contributed by atoms with van der Waals surface area (Å²) in [6, 6.07) is 7.02. The Morgan fingerprint density at radius 1 is 1.27 bits per heavy atom. The number of nitrogens with zero attached hydrogens (tertiary/aromatic N) is 1. The number of methoxy groups -OCH3 is 1. The van der Waals surface area contributed by atoms with Crippen LogP contribution >= 0.6 is 0 Å². The van der Waals surface area contributed by atoms with Crippen LogP contribution in [0.4, 0.5) is 0 Å². The highest BCUT2D eigenvalue weighted by Gasteiger charge is 2.34. The lowest BCUT2D eigenvalue weighted by Gasteiger charge is -2.26. The van der Waals surface area contributed by atoms with E-state index in [2.05, 4.69) is 0 Å². The third-order valence-corrected chi connectivity index (χ3v) is 6.29. The minimum atomic E-state index is -3.08. The molecule has 0 radical (unpaired) electrons. The van der Waals surface area contributed by atoms with Crippen LogP contribution in [-0.2, 0) is 30.6 Å². The van der Waals surface area contributed by atoms with E-state index in [1.165, 1.54) is 11.8 Å². The number of hydrogen-bond acceptors (Lipinski definition) is 6. The van der Waals surface area contributed by atoms with Gasteiger partial charge in [-0.25, -0.2) is 8.42 Å². The number of sulfone groups is 1. The van der Waals surface area contributed by atoms with Gasteiger partial charge < -0.3 is 14.4 Å². The van der Waals surface area contributed by atoms with E-state index in [4.69, 9.17) is 9.47 Å². The summed E-state index contributed by atoms with van der Waals surface area (Å²) in [5, 5.41) is 0. The zero-order valence-corrected chi connectivity index (χ0v) is 16.1. The molecule has 1 aliphatic heterocycles. The number of aryl methyl sites for hydroxylation is 1. The van der Waals surface area contributed by atoms with Gasteiger partial charge in [-0.3, -0.25) is 9.59 Å². The Hall–Kier alpha value is -2.09. The summed E-state index contributed by atoms with van der Waals surface area (Å²) < 4.78 is 33.4. The fourth-order valence-corrected chi connectivity index (χ4v) is 4.67. The van der Waals surface area contributed by atoms with Crippen molar-refractivity contribution in [1.29, 1.82) is 0 Å². The second-order valence-electron chi connectivity index (χ2n) is 6.49. The zero-order valence-electron chi connectivity index (χ0n) is 15.3. The Labute approximate surface area is 154 Å². The van der Waals surface area contributed by atoms with Gasteiger partial charge in [-0.1, -0.05) is 12.1 Å². The maximum absolute atomic E-state index is 12.4. The number of carbonyl (C=O) groups is 2. The fraction of sp³-hybridized carbons (Fsp3) is 0.556. The molecular weight excluding hydrogens is 358 g/mol. The van der Waals surface area contributed by atoms with Gasteiger partial charge in [0.15, 0.2) is 15.9 Å². The molecule has 7 nitrogen and oxygen atoms in total. The van der Waals surface area contributed by atoms with Crippen molar-refractivity contribution in [2.75, 3.05) is 25.7 Å². The lowest BCUT2D eigenvalue weighted by atomic mass is 10.1. The van der Waals surface area contributed by atoms with Gasteiger partial charge in [0.05, 0.1) is 18.6 Å². The van der Waals surface area contributed by atoms with Crippen molar-refractivity contribution in [3.63, 3.8) is 0 Å². The van der Waals surface area contributed by atoms with Gasteiger partial charge >= 0.3 is 5.97 Å². The average molecular weight is 383 g/mol. The molecule has 2 atom stereocenters. The highest BCUT2D eigenvalue weighted by Crippen LogP contribution is 2.18. The predicted octanol–water partition coefficient (Wildman–Crippen LogP) is 1.21. The molecule has 26 heavy (non-hydrogen) atoms. The Morgan fingerprint density at radius 2 is 1.92 bits per heavy atom. The van der Waals surface area contributed by atoms with Crippen molar-refractivity contribution in [1.82, 2.24) is 4.90 Å². The number of likely N-dealkylation sites (N-methyl/N-ethyl adjacent to an activating group) is 1. The molecule has 0 spiro atoms. The first-order valence-corrected chi connectivity index (χ1v) is 10.3. The van der Waals surface area contributed by atoms with Gasteiger partial charge in [-0.2, -0.15) is 0 Å². The molecule has 1 heterocycles. The highest BCUT2D eigenvalue weighted by molar-refractivity contribution is 7.91. The Bertz CT molecular complexity index is 743. The molecule has 1 aliphatic rings. The van der Waals surface area contributed by atoms with Crippen LogP contribution in [0.2, 0.25) is 0 Å². The molecule has 1 aromatic rings. The Kier molecular flexibility index (Phi) is 6.63. The molecule has 1 fully saturated rings. The van der Waals surface area contributed by atoms with Gasteiger partial charge in [0.1, 0.15) is 5.75 Å². The molecule has 0 bridgehead atoms. The molecule has 0 aliphatic carbocycles. The summed E-state index contributed by atoms with van der Waals surface area (Å²) in [7, 11) is 0.0596. The number of benzene rings is 1. The van der Waals surface area contributed by atoms with Gasteiger partial charge in [-0.15, -0.1) is 0 Å². The molecule has 0 aromatic heterocycles. The first kappa shape index (κ1) is 20.2. The summed E-state index contributed by atoms with van der Waals surface area (Å²) in [5.74, 6) is -0.0508. The van der Waals surface area contributed by atoms with E-state index in [-0.39, 0.29) is 29.9 Å². The van der Waals surface area contributed by atoms with Crippen LogP contribution in [0.5, 0.6) is 5.75 Å². The third kappa shape index (κ3) is 5.45. The topological polar surface area (TPSA) is 90.0 Å². The fourth-order valence-electron chi connectivity index (χ4n) is 2.89. The highest BCUT2D eigenvalue weighted by atomic mass is 32.2. The molecule has 0 N–H and O–H groups in total. The van der Waals surface area contributed by atoms with E-state index in [1.54, 1.807) is 14.2 Å². The van der Waals surface area contributed by atoms with E-state index >= 15 is 0 Å². The first-order chi connectivity index (χ1) is 12.2. The van der Waals surface area contributed by atoms with Crippen LogP contribution < -0.4 is 4.74 Å². The number of rotatable bonds is 7. The van der Waals surface area contributed by atoms with E-state index < -0.39 is 21.9 Å². The zero-order chi connectivity index (χ0) is 19.3. The van der Waals surface area contributed by atoms with Gasteiger partial charge in [0.25, 0.3) is 5.91 Å². The van der Waals surface area contributed by atoms with Crippen LogP contribution in [-0.4, -0.2) is 63.0 Å². The Morgan fingerprint density at radius 3 is 2.46 bits per heavy atom. The van der Waals surface area contributed by atoms with Gasteiger partial charge in [0.2, 0.25) is 0 Å². The number of ether oxygens (including phenoxy) is 2. The Balaban J connectivity index is 1.80.